The standard InChI is InChI=1S/C18H17N3O2S2/c1-23-11-14-8-5-9-15(10-14)16(22)19-17-20-21-18(25-17)24-12-13-6-3-2-4-7-13/h2-10H,11-12H2,1H3,(H,19,20,22). The minimum Gasteiger partial charge on any atom is -0.380 e. The minimum absolute atomic E-state index is 0.200. The first kappa shape index (κ1) is 17.6. The summed E-state index contributed by atoms with van der Waals surface area (Å²) in [5.41, 5.74) is 2.75. The molecule has 7 heteroatoms. The number of carbonyl (C=O) groups is 1. The second kappa shape index (κ2) is 8.75. The Morgan fingerprint density at radius 2 is 1.92 bits per heavy atom. The number of thioether (sulfide) groups is 1. The fourth-order valence-corrected chi connectivity index (χ4v) is 3.88. The molecule has 0 unspecified atom stereocenters. The Morgan fingerprint density at radius 1 is 1.12 bits per heavy atom. The van der Waals surface area contributed by atoms with Crippen LogP contribution >= 0.6 is 23.1 Å². The lowest BCUT2D eigenvalue weighted by molar-refractivity contribution is 0.102. The van der Waals surface area contributed by atoms with Gasteiger partial charge in [0, 0.05) is 18.4 Å². The quantitative estimate of drug-likeness (QED) is 0.497. The molecule has 0 aliphatic heterocycles. The molecular weight excluding hydrogens is 354 g/mol. The van der Waals surface area contributed by atoms with Crippen molar-refractivity contribution in [2.45, 2.75) is 16.7 Å². The molecule has 0 aliphatic carbocycles. The maximum absolute atomic E-state index is 12.3. The summed E-state index contributed by atoms with van der Waals surface area (Å²) in [6.45, 7) is 0.472. The molecule has 1 amide bonds. The molecule has 0 bridgehead atoms. The van der Waals surface area contributed by atoms with Crippen LogP contribution in [-0.2, 0) is 17.1 Å². The third kappa shape index (κ3) is 5.12. The number of anilines is 1. The number of rotatable bonds is 7. The monoisotopic (exact) mass is 371 g/mol. The smallest absolute Gasteiger partial charge is 0.257 e. The van der Waals surface area contributed by atoms with Crippen LogP contribution in [0.5, 0.6) is 0 Å². The predicted octanol–water partition coefficient (Wildman–Crippen LogP) is 4.23. The van der Waals surface area contributed by atoms with Gasteiger partial charge in [0.25, 0.3) is 5.91 Å². The first-order chi connectivity index (χ1) is 12.2. The predicted molar refractivity (Wildman–Crippen MR) is 101 cm³/mol. The molecule has 0 radical (unpaired) electrons. The van der Waals surface area contributed by atoms with E-state index in [1.165, 1.54) is 16.9 Å². The average Bonchev–Trinajstić information content (AvgIpc) is 3.09. The Hall–Kier alpha value is -2.22. The van der Waals surface area contributed by atoms with Crippen molar-refractivity contribution in [3.8, 4) is 0 Å². The number of benzene rings is 2. The van der Waals surface area contributed by atoms with Gasteiger partial charge in [0.2, 0.25) is 5.13 Å². The highest BCUT2D eigenvalue weighted by molar-refractivity contribution is 8.00. The molecule has 25 heavy (non-hydrogen) atoms. The summed E-state index contributed by atoms with van der Waals surface area (Å²) in [5, 5.41) is 11.5. The van der Waals surface area contributed by atoms with Crippen LogP contribution in [0.4, 0.5) is 5.13 Å². The first-order valence-corrected chi connectivity index (χ1v) is 9.44. The first-order valence-electron chi connectivity index (χ1n) is 7.64. The highest BCUT2D eigenvalue weighted by Crippen LogP contribution is 2.28. The van der Waals surface area contributed by atoms with Gasteiger partial charge < -0.3 is 4.74 Å². The van der Waals surface area contributed by atoms with Gasteiger partial charge in [-0.1, -0.05) is 65.6 Å². The van der Waals surface area contributed by atoms with Gasteiger partial charge in [-0.2, -0.15) is 0 Å². The lowest BCUT2D eigenvalue weighted by Crippen LogP contribution is -2.12. The number of ether oxygens (including phenoxy) is 1. The van der Waals surface area contributed by atoms with Crippen LogP contribution in [0.2, 0.25) is 0 Å². The van der Waals surface area contributed by atoms with E-state index in [-0.39, 0.29) is 5.91 Å². The highest BCUT2D eigenvalue weighted by atomic mass is 32.2. The normalized spacial score (nSPS) is 10.6. The van der Waals surface area contributed by atoms with Gasteiger partial charge in [0.15, 0.2) is 4.34 Å². The van der Waals surface area contributed by atoms with Crippen LogP contribution in [-0.4, -0.2) is 23.2 Å². The van der Waals surface area contributed by atoms with Gasteiger partial charge in [0.05, 0.1) is 6.61 Å². The molecule has 1 aromatic heterocycles. The van der Waals surface area contributed by atoms with E-state index >= 15 is 0 Å². The van der Waals surface area contributed by atoms with Crippen LogP contribution in [0.15, 0.2) is 58.9 Å². The number of carbonyl (C=O) groups excluding carboxylic acids is 1. The Bertz CT molecular complexity index is 837. The molecule has 0 fully saturated rings. The van der Waals surface area contributed by atoms with Crippen molar-refractivity contribution in [2.24, 2.45) is 0 Å². The maximum Gasteiger partial charge on any atom is 0.257 e. The molecular formula is C18H17N3O2S2. The Kier molecular flexibility index (Phi) is 6.16. The van der Waals surface area contributed by atoms with Crippen molar-refractivity contribution in [1.29, 1.82) is 0 Å². The molecule has 0 aliphatic rings. The molecule has 3 rings (SSSR count). The van der Waals surface area contributed by atoms with Crippen LogP contribution < -0.4 is 5.32 Å². The van der Waals surface area contributed by atoms with E-state index in [9.17, 15) is 4.79 Å². The second-order valence-corrected chi connectivity index (χ2v) is 7.43. The van der Waals surface area contributed by atoms with E-state index in [2.05, 4.69) is 27.6 Å². The van der Waals surface area contributed by atoms with E-state index in [1.54, 1.807) is 24.9 Å². The van der Waals surface area contributed by atoms with Gasteiger partial charge in [-0.25, -0.2) is 0 Å². The zero-order chi connectivity index (χ0) is 17.5. The van der Waals surface area contributed by atoms with Crippen molar-refractivity contribution in [1.82, 2.24) is 10.2 Å². The number of nitrogens with zero attached hydrogens (tertiary/aromatic N) is 2. The SMILES string of the molecule is COCc1cccc(C(=O)Nc2nnc(SCc3ccccc3)s2)c1. The average molecular weight is 371 g/mol. The number of aromatic nitrogens is 2. The molecule has 2 aromatic carbocycles. The number of methoxy groups -OCH3 is 1. The molecule has 0 saturated heterocycles. The Balaban J connectivity index is 1.59. The van der Waals surface area contributed by atoms with Gasteiger partial charge in [-0.3, -0.25) is 10.1 Å². The molecule has 0 saturated carbocycles. The van der Waals surface area contributed by atoms with E-state index in [0.717, 1.165) is 15.7 Å². The Labute approximate surface area is 154 Å². The number of nitrogens with one attached hydrogen (secondary N) is 1. The summed E-state index contributed by atoms with van der Waals surface area (Å²) in [5.74, 6) is 0.622. The fourth-order valence-electron chi connectivity index (χ4n) is 2.18. The van der Waals surface area contributed by atoms with Crippen molar-refractivity contribution in [3.05, 3.63) is 71.3 Å². The van der Waals surface area contributed by atoms with Crippen molar-refractivity contribution < 1.29 is 9.53 Å². The molecule has 5 nitrogen and oxygen atoms in total. The summed E-state index contributed by atoms with van der Waals surface area (Å²) < 4.78 is 5.92. The third-order valence-electron chi connectivity index (χ3n) is 3.33. The van der Waals surface area contributed by atoms with Gasteiger partial charge >= 0.3 is 0 Å². The molecule has 1 N–H and O–H groups in total. The number of amides is 1. The van der Waals surface area contributed by atoms with Crippen molar-refractivity contribution >= 4 is 34.1 Å². The largest absolute Gasteiger partial charge is 0.380 e. The highest BCUT2D eigenvalue weighted by Gasteiger charge is 2.11. The van der Waals surface area contributed by atoms with E-state index in [4.69, 9.17) is 4.74 Å². The van der Waals surface area contributed by atoms with Crippen LogP contribution in [0.3, 0.4) is 0 Å². The maximum atomic E-state index is 12.3. The molecule has 1 heterocycles. The van der Waals surface area contributed by atoms with Gasteiger partial charge in [-0.15, -0.1) is 10.2 Å². The number of hydrogen-bond donors (Lipinski definition) is 1. The van der Waals surface area contributed by atoms with E-state index < -0.39 is 0 Å². The zero-order valence-electron chi connectivity index (χ0n) is 13.6. The molecule has 0 atom stereocenters. The lowest BCUT2D eigenvalue weighted by Gasteiger charge is -2.04. The molecule has 128 valence electrons. The number of hydrogen-bond acceptors (Lipinski definition) is 6. The van der Waals surface area contributed by atoms with E-state index in [0.29, 0.717) is 17.3 Å². The summed E-state index contributed by atoms with van der Waals surface area (Å²) >= 11 is 2.98. The molecule has 0 spiro atoms. The summed E-state index contributed by atoms with van der Waals surface area (Å²) in [6, 6.07) is 17.5. The minimum atomic E-state index is -0.200. The van der Waals surface area contributed by atoms with Crippen molar-refractivity contribution in [2.75, 3.05) is 12.4 Å². The van der Waals surface area contributed by atoms with Crippen LogP contribution in [0.25, 0.3) is 0 Å². The van der Waals surface area contributed by atoms with Crippen molar-refractivity contribution in [3.63, 3.8) is 0 Å². The fraction of sp³-hybridized carbons (Fsp3) is 0.167. The van der Waals surface area contributed by atoms with Gasteiger partial charge in [0.1, 0.15) is 0 Å². The second-order valence-electron chi connectivity index (χ2n) is 5.23. The zero-order valence-corrected chi connectivity index (χ0v) is 15.3. The van der Waals surface area contributed by atoms with E-state index in [1.807, 2.05) is 36.4 Å². The Morgan fingerprint density at radius 3 is 2.72 bits per heavy atom. The van der Waals surface area contributed by atoms with Crippen LogP contribution in [0.1, 0.15) is 21.5 Å². The summed E-state index contributed by atoms with van der Waals surface area (Å²) in [7, 11) is 1.63. The molecule has 3 aromatic rings. The topological polar surface area (TPSA) is 64.1 Å². The third-order valence-corrected chi connectivity index (χ3v) is 5.38. The summed E-state index contributed by atoms with van der Waals surface area (Å²) in [4.78, 5) is 12.3. The van der Waals surface area contributed by atoms with Crippen LogP contribution in [0, 0.1) is 0 Å². The van der Waals surface area contributed by atoms with Gasteiger partial charge in [-0.05, 0) is 23.3 Å². The lowest BCUT2D eigenvalue weighted by atomic mass is 10.1. The summed E-state index contributed by atoms with van der Waals surface area (Å²) in [6.07, 6.45) is 0.